The van der Waals surface area contributed by atoms with Crippen LogP contribution in [0.5, 0.6) is 0 Å². The molecule has 0 amide bonds. The Labute approximate surface area is 54.4 Å². The summed E-state index contributed by atoms with van der Waals surface area (Å²) in [7, 11) is 4.72. The van der Waals surface area contributed by atoms with Crippen LogP contribution in [0.4, 0.5) is 0 Å². The molecule has 0 aromatic heterocycles. The van der Waals surface area contributed by atoms with Gasteiger partial charge in [-0.1, -0.05) is 0 Å². The molecule has 4 heteroatoms. The molecule has 0 saturated carbocycles. The fraction of sp³-hybridized carbons (Fsp3) is 1.00. The molecule has 0 spiro atoms. The first-order valence-corrected chi connectivity index (χ1v) is 2.89. The van der Waals surface area contributed by atoms with Gasteiger partial charge in [0, 0.05) is 11.8 Å². The molecule has 0 aliphatic carbocycles. The molecule has 0 atom stereocenters. The molecule has 0 heterocycles. The van der Waals surface area contributed by atoms with Crippen molar-refractivity contribution in [2.75, 3.05) is 11.8 Å². The quantitative estimate of drug-likeness (QED) is 0.417. The Kier molecular flexibility index (Phi) is 5.17. The minimum atomic E-state index is -0.205. The van der Waals surface area contributed by atoms with Crippen LogP contribution < -0.4 is 0 Å². The molecule has 0 N–H and O–H groups in total. The molecule has 0 rings (SSSR count). The summed E-state index contributed by atoms with van der Waals surface area (Å²) in [5.41, 5.74) is 0. The topological polar surface area (TPSA) is 9.23 Å². The van der Waals surface area contributed by atoms with Crippen LogP contribution in [0.3, 0.4) is 0 Å². The van der Waals surface area contributed by atoms with E-state index in [0.29, 0.717) is 11.8 Å². The molecule has 0 aromatic carbocycles. The molecule has 0 saturated heterocycles. The van der Waals surface area contributed by atoms with Crippen molar-refractivity contribution in [1.29, 1.82) is 0 Å². The van der Waals surface area contributed by atoms with Gasteiger partial charge >= 0.3 is 0 Å². The second kappa shape index (κ2) is 4.76. The molecule has 0 unspecified atom stereocenters. The van der Waals surface area contributed by atoms with Crippen molar-refractivity contribution in [2.45, 2.75) is 6.10 Å². The number of halogens is 2. The van der Waals surface area contributed by atoms with Crippen LogP contribution in [0.1, 0.15) is 0 Å². The summed E-state index contributed by atoms with van der Waals surface area (Å²) in [5.74, 6) is 0.694. The Balaban J connectivity index is 2.99. The van der Waals surface area contributed by atoms with Crippen molar-refractivity contribution in [3.8, 4) is 0 Å². The highest BCUT2D eigenvalue weighted by Crippen LogP contribution is 1.94. The molecule has 0 fully saturated rings. The molecular formula is C3H5BCl2O. The van der Waals surface area contributed by atoms with Gasteiger partial charge in [0.05, 0.1) is 6.10 Å². The van der Waals surface area contributed by atoms with Gasteiger partial charge in [-0.2, -0.15) is 0 Å². The third-order valence-corrected chi connectivity index (χ3v) is 1.23. The highest BCUT2D eigenvalue weighted by Gasteiger charge is 1.98. The largest absolute Gasteiger partial charge is 0.443 e. The van der Waals surface area contributed by atoms with E-state index in [1.54, 1.807) is 0 Å². The highest BCUT2D eigenvalue weighted by atomic mass is 35.5. The second-order valence-corrected chi connectivity index (χ2v) is 1.68. The molecule has 0 aliphatic rings. The van der Waals surface area contributed by atoms with Crippen molar-refractivity contribution in [2.24, 2.45) is 0 Å². The van der Waals surface area contributed by atoms with Gasteiger partial charge in [0.2, 0.25) is 0 Å². The molecule has 40 valence electrons. The highest BCUT2D eigenvalue weighted by molar-refractivity contribution is 6.21. The van der Waals surface area contributed by atoms with Gasteiger partial charge in [0.1, 0.15) is 0 Å². The summed E-state index contributed by atoms with van der Waals surface area (Å²) in [6, 6.07) is 0. The maximum Gasteiger partial charge on any atom is 0.283 e. The Morgan fingerprint density at radius 2 is 1.86 bits per heavy atom. The van der Waals surface area contributed by atoms with E-state index in [-0.39, 0.29) is 6.10 Å². The lowest BCUT2D eigenvalue weighted by molar-refractivity contribution is 0.274. The average Bonchev–Trinajstić information content (AvgIpc) is 1.72. The van der Waals surface area contributed by atoms with E-state index >= 15 is 0 Å². The maximum absolute atomic E-state index is 5.28. The van der Waals surface area contributed by atoms with Crippen LogP contribution in [0.2, 0.25) is 0 Å². The summed E-state index contributed by atoms with van der Waals surface area (Å²) in [4.78, 5) is 0. The predicted molar refractivity (Wildman–Crippen MR) is 32.1 cm³/mol. The lowest BCUT2D eigenvalue weighted by atomic mass is 10.4. The van der Waals surface area contributed by atoms with Crippen molar-refractivity contribution in [3.63, 3.8) is 0 Å². The van der Waals surface area contributed by atoms with Gasteiger partial charge in [-0.25, -0.2) is 0 Å². The molecular weight excluding hydrogens is 134 g/mol. The van der Waals surface area contributed by atoms with Crippen LogP contribution in [-0.4, -0.2) is 25.9 Å². The molecule has 7 heavy (non-hydrogen) atoms. The standard InChI is InChI=1S/C3H5BCl2O/c4-7-3(1-5)2-6/h3H,1-2H2. The van der Waals surface area contributed by atoms with Crippen LogP contribution in [0, 0.1) is 0 Å². The van der Waals surface area contributed by atoms with E-state index in [2.05, 4.69) is 4.65 Å². The summed E-state index contributed by atoms with van der Waals surface area (Å²) in [6.07, 6.45) is -0.205. The zero-order valence-electron chi connectivity index (χ0n) is 3.73. The number of hydrogen-bond donors (Lipinski definition) is 0. The van der Waals surface area contributed by atoms with Gasteiger partial charge in [-0.3, -0.25) is 0 Å². The first kappa shape index (κ1) is 7.60. The van der Waals surface area contributed by atoms with E-state index in [0.717, 1.165) is 0 Å². The van der Waals surface area contributed by atoms with Crippen LogP contribution in [0.15, 0.2) is 0 Å². The summed E-state index contributed by atoms with van der Waals surface area (Å²) >= 11 is 10.6. The fourth-order valence-electron chi connectivity index (χ4n) is 0.114. The molecule has 0 aliphatic heterocycles. The first-order valence-electron chi connectivity index (χ1n) is 1.82. The minimum absolute atomic E-state index is 0.205. The van der Waals surface area contributed by atoms with Gasteiger partial charge in [0.15, 0.2) is 0 Å². The number of alkyl halides is 2. The van der Waals surface area contributed by atoms with Gasteiger partial charge in [-0.15, -0.1) is 23.2 Å². The molecule has 2 radical (unpaired) electrons. The van der Waals surface area contributed by atoms with Crippen LogP contribution in [-0.2, 0) is 4.65 Å². The fourth-order valence-corrected chi connectivity index (χ4v) is 0.589. The third-order valence-electron chi connectivity index (χ3n) is 0.537. The summed E-state index contributed by atoms with van der Waals surface area (Å²) in [6.45, 7) is 0. The van der Waals surface area contributed by atoms with Gasteiger partial charge in [0.25, 0.3) is 8.05 Å². The Bertz CT molecular complexity index is 34.4. The predicted octanol–water partition coefficient (Wildman–Crippen LogP) is 0.933. The van der Waals surface area contributed by atoms with Gasteiger partial charge in [-0.05, 0) is 0 Å². The smallest absolute Gasteiger partial charge is 0.283 e. The van der Waals surface area contributed by atoms with Gasteiger partial charge < -0.3 is 4.65 Å². The molecule has 0 bridgehead atoms. The van der Waals surface area contributed by atoms with Crippen LogP contribution in [0.25, 0.3) is 0 Å². The zero-order chi connectivity index (χ0) is 5.70. The van der Waals surface area contributed by atoms with E-state index in [1.165, 1.54) is 0 Å². The SMILES string of the molecule is [B]OC(CCl)CCl. The normalized spacial score (nSPS) is 10.1. The Morgan fingerprint density at radius 1 is 1.43 bits per heavy atom. The maximum atomic E-state index is 5.28. The van der Waals surface area contributed by atoms with Crippen LogP contribution >= 0.6 is 23.2 Å². The summed E-state index contributed by atoms with van der Waals surface area (Å²) < 4.78 is 4.28. The third kappa shape index (κ3) is 3.21. The summed E-state index contributed by atoms with van der Waals surface area (Å²) in [5, 5.41) is 0. The van der Waals surface area contributed by atoms with E-state index in [4.69, 9.17) is 31.3 Å². The Morgan fingerprint density at radius 3 is 1.86 bits per heavy atom. The monoisotopic (exact) mass is 138 g/mol. The van der Waals surface area contributed by atoms with Crippen molar-refractivity contribution < 1.29 is 4.65 Å². The van der Waals surface area contributed by atoms with E-state index < -0.39 is 0 Å². The first-order chi connectivity index (χ1) is 3.35. The lowest BCUT2D eigenvalue weighted by Gasteiger charge is -2.05. The van der Waals surface area contributed by atoms with Crippen molar-refractivity contribution >= 4 is 31.3 Å². The van der Waals surface area contributed by atoms with E-state index in [9.17, 15) is 0 Å². The number of rotatable bonds is 3. The van der Waals surface area contributed by atoms with E-state index in [1.807, 2.05) is 0 Å². The van der Waals surface area contributed by atoms with Crippen molar-refractivity contribution in [3.05, 3.63) is 0 Å². The Hall–Kier alpha value is 0.605. The molecule has 0 aromatic rings. The van der Waals surface area contributed by atoms with Crippen molar-refractivity contribution in [1.82, 2.24) is 0 Å². The minimum Gasteiger partial charge on any atom is -0.443 e. The second-order valence-electron chi connectivity index (χ2n) is 1.07. The average molecular weight is 139 g/mol. The number of hydrogen-bond acceptors (Lipinski definition) is 1. The zero-order valence-corrected chi connectivity index (χ0v) is 5.24. The lowest BCUT2D eigenvalue weighted by Crippen LogP contribution is -2.14. The molecule has 1 nitrogen and oxygen atoms in total.